The summed E-state index contributed by atoms with van der Waals surface area (Å²) in [6.07, 6.45) is 0. The van der Waals surface area contributed by atoms with E-state index in [1.165, 1.54) is 7.11 Å². The van der Waals surface area contributed by atoms with Gasteiger partial charge in [-0.3, -0.25) is 9.48 Å². The minimum atomic E-state index is -0.328. The molecule has 1 N–H and O–H groups in total. The maximum atomic E-state index is 12.3. The first-order valence-electron chi connectivity index (χ1n) is 6.75. The van der Waals surface area contributed by atoms with Crippen LogP contribution in [-0.2, 0) is 6.54 Å². The first-order valence-corrected chi connectivity index (χ1v) is 7.51. The minimum absolute atomic E-state index is 0.241. The number of aromatic nitrogens is 2. The molecule has 7 heteroatoms. The van der Waals surface area contributed by atoms with Gasteiger partial charge in [0.1, 0.15) is 5.56 Å². The molecule has 118 valence electrons. The molecular formula is C15H17Cl2N3O2. The maximum absolute atomic E-state index is 12.3. The van der Waals surface area contributed by atoms with E-state index in [2.05, 4.69) is 10.4 Å². The molecule has 0 aliphatic heterocycles. The van der Waals surface area contributed by atoms with Crippen molar-refractivity contribution in [3.05, 3.63) is 45.2 Å². The van der Waals surface area contributed by atoms with Crippen molar-refractivity contribution in [2.24, 2.45) is 0 Å². The molecule has 1 amide bonds. The molecule has 0 saturated heterocycles. The number of benzene rings is 1. The quantitative estimate of drug-likeness (QED) is 0.908. The number of rotatable bonds is 5. The molecule has 1 aromatic heterocycles. The van der Waals surface area contributed by atoms with Crippen LogP contribution in [0.25, 0.3) is 0 Å². The number of carbonyl (C=O) groups is 1. The van der Waals surface area contributed by atoms with Crippen molar-refractivity contribution >= 4 is 29.1 Å². The number of aryl methyl sites for hydroxylation is 2. The molecule has 5 nitrogen and oxygen atoms in total. The number of carbonyl (C=O) groups excluding carboxylic acids is 1. The summed E-state index contributed by atoms with van der Waals surface area (Å²) in [5.41, 5.74) is 2.23. The molecule has 1 aromatic carbocycles. The van der Waals surface area contributed by atoms with Crippen LogP contribution in [-0.4, -0.2) is 29.3 Å². The molecular weight excluding hydrogens is 325 g/mol. The van der Waals surface area contributed by atoms with Gasteiger partial charge in [0.05, 0.1) is 29.4 Å². The molecule has 0 aliphatic rings. The summed E-state index contributed by atoms with van der Waals surface area (Å²) in [5, 5.41) is 7.78. The zero-order valence-corrected chi connectivity index (χ0v) is 14.1. The van der Waals surface area contributed by atoms with Crippen LogP contribution < -0.4 is 10.1 Å². The third kappa shape index (κ3) is 3.54. The summed E-state index contributed by atoms with van der Waals surface area (Å²) >= 11 is 12.1. The van der Waals surface area contributed by atoms with Crippen molar-refractivity contribution in [1.82, 2.24) is 15.1 Å². The first kappa shape index (κ1) is 16.6. The normalized spacial score (nSPS) is 10.6. The van der Waals surface area contributed by atoms with Gasteiger partial charge in [-0.15, -0.1) is 0 Å². The van der Waals surface area contributed by atoms with Crippen LogP contribution in [0.1, 0.15) is 21.7 Å². The van der Waals surface area contributed by atoms with Gasteiger partial charge < -0.3 is 10.1 Å². The van der Waals surface area contributed by atoms with E-state index in [0.29, 0.717) is 23.1 Å². The number of methoxy groups -OCH3 is 1. The lowest BCUT2D eigenvalue weighted by Gasteiger charge is -2.12. The number of hydrogen-bond acceptors (Lipinski definition) is 3. The number of nitrogens with zero attached hydrogens (tertiary/aromatic N) is 2. The van der Waals surface area contributed by atoms with Crippen LogP contribution in [0.5, 0.6) is 5.75 Å². The molecule has 0 saturated carbocycles. The van der Waals surface area contributed by atoms with E-state index < -0.39 is 0 Å². The van der Waals surface area contributed by atoms with E-state index in [1.807, 2.05) is 24.6 Å². The van der Waals surface area contributed by atoms with E-state index in [0.717, 1.165) is 11.4 Å². The zero-order chi connectivity index (χ0) is 16.3. The molecule has 22 heavy (non-hydrogen) atoms. The fourth-order valence-corrected chi connectivity index (χ4v) is 2.68. The maximum Gasteiger partial charge on any atom is 0.256 e. The molecule has 0 aliphatic carbocycles. The van der Waals surface area contributed by atoms with Crippen molar-refractivity contribution in [3.63, 3.8) is 0 Å². The minimum Gasteiger partial charge on any atom is -0.494 e. The first-order chi connectivity index (χ1) is 10.4. The van der Waals surface area contributed by atoms with Crippen molar-refractivity contribution in [1.29, 1.82) is 0 Å². The van der Waals surface area contributed by atoms with Crippen LogP contribution in [0.2, 0.25) is 10.0 Å². The second kappa shape index (κ2) is 7.03. The highest BCUT2D eigenvalue weighted by Crippen LogP contribution is 2.33. The number of ether oxygens (including phenoxy) is 1. The average molecular weight is 342 g/mol. The van der Waals surface area contributed by atoms with Crippen molar-refractivity contribution < 1.29 is 9.53 Å². The van der Waals surface area contributed by atoms with Crippen LogP contribution in [0.3, 0.4) is 0 Å². The summed E-state index contributed by atoms with van der Waals surface area (Å²) in [6.45, 7) is 4.90. The Balaban J connectivity index is 2.07. The lowest BCUT2D eigenvalue weighted by Crippen LogP contribution is -2.28. The van der Waals surface area contributed by atoms with E-state index >= 15 is 0 Å². The van der Waals surface area contributed by atoms with Crippen LogP contribution >= 0.6 is 23.2 Å². The Morgan fingerprint density at radius 3 is 2.59 bits per heavy atom. The van der Waals surface area contributed by atoms with Crippen LogP contribution in [0.4, 0.5) is 0 Å². The van der Waals surface area contributed by atoms with Crippen molar-refractivity contribution in [3.8, 4) is 5.75 Å². The summed E-state index contributed by atoms with van der Waals surface area (Å²) < 4.78 is 7.01. The Morgan fingerprint density at radius 1 is 1.32 bits per heavy atom. The summed E-state index contributed by atoms with van der Waals surface area (Å²) in [5.74, 6) is -0.0522. The summed E-state index contributed by atoms with van der Waals surface area (Å²) in [4.78, 5) is 12.3. The number of hydrogen-bond donors (Lipinski definition) is 1. The monoisotopic (exact) mass is 341 g/mol. The Kier molecular flexibility index (Phi) is 5.32. The van der Waals surface area contributed by atoms with Gasteiger partial charge in [0, 0.05) is 12.2 Å². The highest BCUT2D eigenvalue weighted by Gasteiger charge is 2.19. The lowest BCUT2D eigenvalue weighted by atomic mass is 10.2. The second-order valence-electron chi connectivity index (χ2n) is 4.84. The Hall–Kier alpha value is -1.72. The molecule has 2 aromatic rings. The van der Waals surface area contributed by atoms with Crippen LogP contribution in [0, 0.1) is 13.8 Å². The molecule has 0 bridgehead atoms. The standard InChI is InChI=1S/C15H17Cl2N3O2/c1-9-8-10(2)20(19-9)7-6-18-15(21)13-11(16)4-5-12(17)14(13)22-3/h4-5,8H,6-7H2,1-3H3,(H,18,21). The van der Waals surface area contributed by atoms with E-state index in [9.17, 15) is 4.79 Å². The zero-order valence-electron chi connectivity index (χ0n) is 12.6. The largest absolute Gasteiger partial charge is 0.494 e. The molecule has 2 rings (SSSR count). The molecule has 0 atom stereocenters. The average Bonchev–Trinajstić information content (AvgIpc) is 2.79. The number of amides is 1. The Bertz CT molecular complexity index is 698. The fraction of sp³-hybridized carbons (Fsp3) is 0.333. The van der Waals surface area contributed by atoms with Crippen LogP contribution in [0.15, 0.2) is 18.2 Å². The van der Waals surface area contributed by atoms with E-state index in [4.69, 9.17) is 27.9 Å². The van der Waals surface area contributed by atoms with Crippen molar-refractivity contribution in [2.75, 3.05) is 13.7 Å². The summed E-state index contributed by atoms with van der Waals surface area (Å²) in [7, 11) is 1.45. The van der Waals surface area contributed by atoms with Crippen molar-refractivity contribution in [2.45, 2.75) is 20.4 Å². The molecule has 0 spiro atoms. The molecule has 0 radical (unpaired) electrons. The van der Waals surface area contributed by atoms with Gasteiger partial charge in [0.25, 0.3) is 5.91 Å². The van der Waals surface area contributed by atoms with E-state index in [-0.39, 0.29) is 17.2 Å². The van der Waals surface area contributed by atoms with Gasteiger partial charge >= 0.3 is 0 Å². The van der Waals surface area contributed by atoms with Gasteiger partial charge in [-0.25, -0.2) is 0 Å². The van der Waals surface area contributed by atoms with Gasteiger partial charge in [0.2, 0.25) is 0 Å². The molecule has 0 fully saturated rings. The van der Waals surface area contributed by atoms with Gasteiger partial charge in [-0.1, -0.05) is 23.2 Å². The Labute approximate surface area is 139 Å². The van der Waals surface area contributed by atoms with E-state index in [1.54, 1.807) is 12.1 Å². The third-order valence-electron chi connectivity index (χ3n) is 3.20. The predicted molar refractivity (Wildman–Crippen MR) is 87.0 cm³/mol. The summed E-state index contributed by atoms with van der Waals surface area (Å²) in [6, 6.07) is 5.15. The third-order valence-corrected chi connectivity index (χ3v) is 3.82. The van der Waals surface area contributed by atoms with Gasteiger partial charge in [-0.05, 0) is 32.0 Å². The Morgan fingerprint density at radius 2 is 2.00 bits per heavy atom. The number of nitrogens with one attached hydrogen (secondary N) is 1. The lowest BCUT2D eigenvalue weighted by molar-refractivity contribution is 0.0949. The number of halogens is 2. The topological polar surface area (TPSA) is 56.1 Å². The second-order valence-corrected chi connectivity index (χ2v) is 5.66. The fourth-order valence-electron chi connectivity index (χ4n) is 2.21. The highest BCUT2D eigenvalue weighted by atomic mass is 35.5. The highest BCUT2D eigenvalue weighted by molar-refractivity contribution is 6.37. The van der Waals surface area contributed by atoms with Gasteiger partial charge in [0.15, 0.2) is 5.75 Å². The SMILES string of the molecule is COc1c(Cl)ccc(Cl)c1C(=O)NCCn1nc(C)cc1C. The van der Waals surface area contributed by atoms with Gasteiger partial charge in [-0.2, -0.15) is 5.10 Å². The molecule has 0 unspecified atom stereocenters. The predicted octanol–water partition coefficient (Wildman–Crippen LogP) is 3.25. The molecule has 1 heterocycles. The smallest absolute Gasteiger partial charge is 0.256 e.